The molecular weight excluding hydrogens is 224 g/mol. The Hall–Kier alpha value is -2.36. The summed E-state index contributed by atoms with van der Waals surface area (Å²) in [6.07, 6.45) is 1.85. The van der Waals surface area contributed by atoms with E-state index in [0.29, 0.717) is 0 Å². The fraction of sp³-hybridized carbons (Fsp3) is 0.143. The number of anilines is 1. The van der Waals surface area contributed by atoms with E-state index >= 15 is 0 Å². The fourth-order valence-electron chi connectivity index (χ4n) is 2.09. The highest BCUT2D eigenvalue weighted by Crippen LogP contribution is 2.26. The molecule has 0 bridgehead atoms. The minimum absolute atomic E-state index is 0.809. The van der Waals surface area contributed by atoms with Gasteiger partial charge < -0.3 is 10.3 Å². The number of nitrogens with one attached hydrogen (secondary N) is 2. The predicted molar refractivity (Wildman–Crippen MR) is 73.6 cm³/mol. The van der Waals surface area contributed by atoms with E-state index in [4.69, 9.17) is 0 Å². The van der Waals surface area contributed by atoms with Crippen LogP contribution in [0, 0.1) is 6.92 Å². The molecule has 0 aliphatic rings. The molecule has 0 saturated carbocycles. The zero-order valence-electron chi connectivity index (χ0n) is 10.4. The molecule has 3 aromatic rings. The van der Waals surface area contributed by atoms with Crippen LogP contribution in [0.3, 0.4) is 0 Å². The van der Waals surface area contributed by atoms with Crippen LogP contribution in [0.15, 0.2) is 36.5 Å². The van der Waals surface area contributed by atoms with Gasteiger partial charge in [0, 0.05) is 18.8 Å². The first-order valence-corrected chi connectivity index (χ1v) is 5.88. The number of hydrogen-bond donors (Lipinski definition) is 2. The quantitative estimate of drug-likeness (QED) is 0.721. The van der Waals surface area contributed by atoms with E-state index in [-0.39, 0.29) is 0 Å². The molecule has 0 saturated heterocycles. The van der Waals surface area contributed by atoms with Gasteiger partial charge in [-0.1, -0.05) is 30.3 Å². The van der Waals surface area contributed by atoms with E-state index in [9.17, 15) is 0 Å². The minimum atomic E-state index is 0.809. The number of imidazole rings is 1. The highest BCUT2D eigenvalue weighted by atomic mass is 15.0. The van der Waals surface area contributed by atoms with E-state index < -0.39 is 0 Å². The molecule has 18 heavy (non-hydrogen) atoms. The van der Waals surface area contributed by atoms with Crippen molar-refractivity contribution in [1.82, 2.24) is 15.0 Å². The number of hydrogen-bond acceptors (Lipinski definition) is 3. The summed E-state index contributed by atoms with van der Waals surface area (Å²) in [7, 11) is 1.90. The maximum absolute atomic E-state index is 4.63. The summed E-state index contributed by atoms with van der Waals surface area (Å²) in [6, 6.07) is 10.1. The summed E-state index contributed by atoms with van der Waals surface area (Å²) in [5.74, 6) is 0.847. The zero-order chi connectivity index (χ0) is 12.5. The SMILES string of the molecule is CNc1c(C)cnc2[nH]c(-c3ccccc3)nc12. The number of pyridine rings is 1. The molecule has 4 heteroatoms. The Bertz CT molecular complexity index is 686. The maximum atomic E-state index is 4.63. The summed E-state index contributed by atoms with van der Waals surface area (Å²) in [5.41, 5.74) is 4.88. The van der Waals surface area contributed by atoms with Crippen molar-refractivity contribution in [3.8, 4) is 11.4 Å². The molecule has 2 heterocycles. The van der Waals surface area contributed by atoms with Crippen molar-refractivity contribution in [1.29, 1.82) is 0 Å². The molecular formula is C14H14N4. The third kappa shape index (κ3) is 1.62. The van der Waals surface area contributed by atoms with Crippen LogP contribution in [0.5, 0.6) is 0 Å². The summed E-state index contributed by atoms with van der Waals surface area (Å²) in [5, 5.41) is 3.18. The highest BCUT2D eigenvalue weighted by Gasteiger charge is 2.10. The first-order chi connectivity index (χ1) is 8.79. The topological polar surface area (TPSA) is 53.6 Å². The lowest BCUT2D eigenvalue weighted by Gasteiger charge is -2.03. The molecule has 0 aliphatic heterocycles. The lowest BCUT2D eigenvalue weighted by Crippen LogP contribution is -1.94. The van der Waals surface area contributed by atoms with Crippen molar-refractivity contribution < 1.29 is 0 Å². The Labute approximate surface area is 105 Å². The predicted octanol–water partition coefficient (Wildman–Crippen LogP) is 2.98. The summed E-state index contributed by atoms with van der Waals surface area (Å²) in [6.45, 7) is 2.02. The van der Waals surface area contributed by atoms with Crippen molar-refractivity contribution >= 4 is 16.9 Å². The van der Waals surface area contributed by atoms with Gasteiger partial charge in [-0.25, -0.2) is 9.97 Å². The average Bonchev–Trinajstić information content (AvgIpc) is 2.84. The van der Waals surface area contributed by atoms with Crippen molar-refractivity contribution in [3.63, 3.8) is 0 Å². The van der Waals surface area contributed by atoms with Crippen LogP contribution in [0.1, 0.15) is 5.56 Å². The number of rotatable bonds is 2. The second-order valence-corrected chi connectivity index (χ2v) is 4.21. The van der Waals surface area contributed by atoms with Gasteiger partial charge >= 0.3 is 0 Å². The summed E-state index contributed by atoms with van der Waals surface area (Å²) in [4.78, 5) is 12.3. The van der Waals surface area contributed by atoms with Crippen molar-refractivity contribution in [2.45, 2.75) is 6.92 Å². The minimum Gasteiger partial charge on any atom is -0.386 e. The van der Waals surface area contributed by atoms with Crippen LogP contribution in [0.25, 0.3) is 22.6 Å². The van der Waals surface area contributed by atoms with Gasteiger partial charge in [0.05, 0.1) is 5.69 Å². The number of fused-ring (bicyclic) bond motifs is 1. The zero-order valence-corrected chi connectivity index (χ0v) is 10.4. The largest absolute Gasteiger partial charge is 0.386 e. The van der Waals surface area contributed by atoms with Gasteiger partial charge in [-0.3, -0.25) is 0 Å². The molecule has 0 spiro atoms. The first kappa shape index (κ1) is 10.8. The Balaban J connectivity index is 2.23. The number of aromatic amines is 1. The highest BCUT2D eigenvalue weighted by molar-refractivity contribution is 5.89. The van der Waals surface area contributed by atoms with Crippen molar-refractivity contribution in [2.75, 3.05) is 12.4 Å². The van der Waals surface area contributed by atoms with Gasteiger partial charge in [-0.15, -0.1) is 0 Å². The molecule has 0 fully saturated rings. The Morgan fingerprint density at radius 1 is 1.17 bits per heavy atom. The van der Waals surface area contributed by atoms with Gasteiger partial charge in [-0.2, -0.15) is 0 Å². The number of aromatic nitrogens is 3. The van der Waals surface area contributed by atoms with Gasteiger partial charge in [0.25, 0.3) is 0 Å². The monoisotopic (exact) mass is 238 g/mol. The molecule has 2 aromatic heterocycles. The van der Waals surface area contributed by atoms with E-state index in [2.05, 4.69) is 20.3 Å². The Morgan fingerprint density at radius 2 is 1.94 bits per heavy atom. The summed E-state index contributed by atoms with van der Waals surface area (Å²) >= 11 is 0. The van der Waals surface area contributed by atoms with Crippen LogP contribution >= 0.6 is 0 Å². The average molecular weight is 238 g/mol. The molecule has 4 nitrogen and oxygen atoms in total. The molecule has 0 aliphatic carbocycles. The van der Waals surface area contributed by atoms with Crippen LogP contribution in [-0.2, 0) is 0 Å². The molecule has 0 atom stereocenters. The number of aryl methyl sites for hydroxylation is 1. The normalized spacial score (nSPS) is 10.8. The first-order valence-electron chi connectivity index (χ1n) is 5.88. The van der Waals surface area contributed by atoms with Crippen molar-refractivity contribution in [2.24, 2.45) is 0 Å². The van der Waals surface area contributed by atoms with E-state index in [1.807, 2.05) is 50.5 Å². The van der Waals surface area contributed by atoms with Gasteiger partial charge in [-0.05, 0) is 12.5 Å². The molecule has 90 valence electrons. The van der Waals surface area contributed by atoms with E-state index in [1.165, 1.54) is 0 Å². The molecule has 1 aromatic carbocycles. The van der Waals surface area contributed by atoms with Crippen molar-refractivity contribution in [3.05, 3.63) is 42.1 Å². The Morgan fingerprint density at radius 3 is 2.67 bits per heavy atom. The van der Waals surface area contributed by atoms with Crippen LogP contribution < -0.4 is 5.32 Å². The smallest absolute Gasteiger partial charge is 0.159 e. The second kappa shape index (κ2) is 4.14. The molecule has 2 N–H and O–H groups in total. The number of benzene rings is 1. The van der Waals surface area contributed by atoms with E-state index in [0.717, 1.165) is 33.8 Å². The van der Waals surface area contributed by atoms with Crippen LogP contribution in [-0.4, -0.2) is 22.0 Å². The standard InChI is InChI=1S/C14H14N4/c1-9-8-16-14-12(11(9)15-2)17-13(18-14)10-6-4-3-5-7-10/h3-8H,1-2H3,(H2,15,16,17,18). The maximum Gasteiger partial charge on any atom is 0.159 e. The Kier molecular flexibility index (Phi) is 2.48. The molecule has 3 rings (SSSR count). The van der Waals surface area contributed by atoms with Gasteiger partial charge in [0.1, 0.15) is 11.3 Å². The fourth-order valence-corrected chi connectivity index (χ4v) is 2.09. The van der Waals surface area contributed by atoms with E-state index in [1.54, 1.807) is 0 Å². The lowest BCUT2D eigenvalue weighted by molar-refractivity contribution is 1.28. The summed E-state index contributed by atoms with van der Waals surface area (Å²) < 4.78 is 0. The van der Waals surface area contributed by atoms with Gasteiger partial charge in [0.2, 0.25) is 0 Å². The molecule has 0 radical (unpaired) electrons. The number of H-pyrrole nitrogens is 1. The molecule has 0 amide bonds. The van der Waals surface area contributed by atoms with Crippen LogP contribution in [0.2, 0.25) is 0 Å². The number of nitrogens with zero attached hydrogens (tertiary/aromatic N) is 2. The lowest BCUT2D eigenvalue weighted by atomic mass is 10.2. The third-order valence-electron chi connectivity index (χ3n) is 3.00. The van der Waals surface area contributed by atoms with Gasteiger partial charge in [0.15, 0.2) is 5.65 Å². The third-order valence-corrected chi connectivity index (χ3v) is 3.00. The molecule has 0 unspecified atom stereocenters. The van der Waals surface area contributed by atoms with Crippen LogP contribution in [0.4, 0.5) is 5.69 Å². The second-order valence-electron chi connectivity index (χ2n) is 4.21.